The van der Waals surface area contributed by atoms with Crippen molar-refractivity contribution >= 4 is 34.8 Å². The molecule has 2 atom stereocenters. The van der Waals surface area contributed by atoms with Crippen molar-refractivity contribution in [2.45, 2.75) is 38.8 Å². The quantitative estimate of drug-likeness (QED) is 0.299. The summed E-state index contributed by atoms with van der Waals surface area (Å²) in [6, 6.07) is 25.9. The molecular formula is C29H26ClN3O3. The van der Waals surface area contributed by atoms with E-state index < -0.39 is 0 Å². The predicted molar refractivity (Wildman–Crippen MR) is 141 cm³/mol. The van der Waals surface area contributed by atoms with Crippen molar-refractivity contribution in [1.29, 1.82) is 0 Å². The van der Waals surface area contributed by atoms with Crippen LogP contribution in [0.5, 0.6) is 0 Å². The zero-order chi connectivity index (χ0) is 25.2. The van der Waals surface area contributed by atoms with Crippen molar-refractivity contribution in [2.24, 2.45) is 0 Å². The van der Waals surface area contributed by atoms with Crippen LogP contribution in [-0.4, -0.2) is 23.0 Å². The molecule has 7 heteroatoms. The first-order chi connectivity index (χ1) is 17.5. The van der Waals surface area contributed by atoms with Crippen molar-refractivity contribution in [3.05, 3.63) is 101 Å². The minimum absolute atomic E-state index is 0.0378. The number of benzene rings is 3. The monoisotopic (exact) mass is 499 g/mol. The summed E-state index contributed by atoms with van der Waals surface area (Å²) < 4.78 is 5.49. The Morgan fingerprint density at radius 1 is 1.03 bits per heavy atom. The van der Waals surface area contributed by atoms with E-state index in [0.29, 0.717) is 23.6 Å². The Morgan fingerprint density at radius 2 is 1.72 bits per heavy atom. The highest BCUT2D eigenvalue weighted by Gasteiger charge is 2.39. The summed E-state index contributed by atoms with van der Waals surface area (Å²) in [6.45, 7) is 3.87. The molecule has 0 saturated heterocycles. The van der Waals surface area contributed by atoms with Gasteiger partial charge in [-0.2, -0.15) is 0 Å². The van der Waals surface area contributed by atoms with Gasteiger partial charge in [0.1, 0.15) is 5.69 Å². The highest BCUT2D eigenvalue weighted by Crippen LogP contribution is 2.43. The first kappa shape index (κ1) is 23.8. The Morgan fingerprint density at radius 3 is 2.44 bits per heavy atom. The third kappa shape index (κ3) is 4.40. The molecule has 3 aromatic carbocycles. The SMILES string of the molecule is CCC(=O)N(c1ccccc1)C1CC(C)N(C(=O)c2cc(-c3ccc(Cl)cc3)no2)c2ccccc21. The molecule has 0 bridgehead atoms. The van der Waals surface area contributed by atoms with Crippen LogP contribution in [0.3, 0.4) is 0 Å². The maximum absolute atomic E-state index is 13.7. The number of anilines is 2. The molecule has 1 aromatic heterocycles. The standard InChI is InChI=1S/C29H26ClN3O3/c1-3-28(34)33(22-9-5-4-6-10-22)26-17-19(2)32(25-12-8-7-11-23(25)26)29(35)27-18-24(31-36-27)20-13-15-21(30)16-14-20/h4-16,18-19,26H,3,17H2,1-2H3. The molecule has 5 rings (SSSR count). The summed E-state index contributed by atoms with van der Waals surface area (Å²) in [6.07, 6.45) is 0.970. The number of carbonyl (C=O) groups is 2. The van der Waals surface area contributed by atoms with Gasteiger partial charge in [-0.25, -0.2) is 0 Å². The molecule has 2 amide bonds. The molecular weight excluding hydrogens is 474 g/mol. The molecule has 0 spiro atoms. The van der Waals surface area contributed by atoms with Gasteiger partial charge in [0, 0.05) is 40.5 Å². The van der Waals surface area contributed by atoms with E-state index in [4.69, 9.17) is 16.1 Å². The van der Waals surface area contributed by atoms with Crippen molar-refractivity contribution in [2.75, 3.05) is 9.80 Å². The van der Waals surface area contributed by atoms with E-state index in [1.807, 2.05) is 85.5 Å². The van der Waals surface area contributed by atoms with Gasteiger partial charge in [-0.3, -0.25) is 9.59 Å². The molecule has 0 radical (unpaired) electrons. The zero-order valence-corrected chi connectivity index (χ0v) is 20.9. The van der Waals surface area contributed by atoms with Gasteiger partial charge in [0.15, 0.2) is 0 Å². The van der Waals surface area contributed by atoms with Gasteiger partial charge in [0.25, 0.3) is 5.91 Å². The molecule has 0 N–H and O–H groups in total. The second-order valence-corrected chi connectivity index (χ2v) is 9.31. The Hall–Kier alpha value is -3.90. The normalized spacial score (nSPS) is 16.9. The van der Waals surface area contributed by atoms with Gasteiger partial charge < -0.3 is 14.3 Å². The zero-order valence-electron chi connectivity index (χ0n) is 20.1. The molecule has 36 heavy (non-hydrogen) atoms. The number of nitrogens with zero attached hydrogens (tertiary/aromatic N) is 3. The molecule has 0 fully saturated rings. The summed E-state index contributed by atoms with van der Waals surface area (Å²) in [4.78, 5) is 30.4. The Labute approximate surface area is 215 Å². The predicted octanol–water partition coefficient (Wildman–Crippen LogP) is 6.92. The lowest BCUT2D eigenvalue weighted by Crippen LogP contribution is -2.47. The smallest absolute Gasteiger partial charge is 0.297 e. The van der Waals surface area contributed by atoms with Crippen molar-refractivity contribution in [1.82, 2.24) is 5.16 Å². The van der Waals surface area contributed by atoms with Gasteiger partial charge in [0.05, 0.1) is 6.04 Å². The number of rotatable bonds is 5. The Balaban J connectivity index is 1.51. The highest BCUT2D eigenvalue weighted by molar-refractivity contribution is 6.30. The van der Waals surface area contributed by atoms with Crippen LogP contribution in [0.1, 0.15) is 48.8 Å². The topological polar surface area (TPSA) is 66.7 Å². The number of aromatic nitrogens is 1. The first-order valence-corrected chi connectivity index (χ1v) is 12.4. The van der Waals surface area contributed by atoms with E-state index in [2.05, 4.69) is 5.16 Å². The van der Waals surface area contributed by atoms with E-state index in [1.165, 1.54) is 0 Å². The summed E-state index contributed by atoms with van der Waals surface area (Å²) in [5.41, 5.74) is 3.91. The molecule has 6 nitrogen and oxygen atoms in total. The lowest BCUT2D eigenvalue weighted by atomic mass is 9.89. The van der Waals surface area contributed by atoms with Gasteiger partial charge in [-0.1, -0.05) is 72.2 Å². The van der Waals surface area contributed by atoms with Crippen molar-refractivity contribution in [3.8, 4) is 11.3 Å². The van der Waals surface area contributed by atoms with Crippen LogP contribution in [0, 0.1) is 0 Å². The number of fused-ring (bicyclic) bond motifs is 1. The summed E-state index contributed by atoms with van der Waals surface area (Å²) in [5, 5.41) is 4.73. The summed E-state index contributed by atoms with van der Waals surface area (Å²) >= 11 is 5.99. The fourth-order valence-corrected chi connectivity index (χ4v) is 4.97. The summed E-state index contributed by atoms with van der Waals surface area (Å²) in [5.74, 6) is -0.0744. The van der Waals surface area contributed by atoms with E-state index in [1.54, 1.807) is 23.1 Å². The molecule has 1 aliphatic rings. The molecule has 1 aliphatic heterocycles. The van der Waals surface area contributed by atoms with Crippen LogP contribution in [0.15, 0.2) is 89.5 Å². The van der Waals surface area contributed by atoms with Crippen LogP contribution < -0.4 is 9.80 Å². The second-order valence-electron chi connectivity index (χ2n) is 8.87. The van der Waals surface area contributed by atoms with Crippen molar-refractivity contribution < 1.29 is 14.1 Å². The number of halogens is 1. The lowest BCUT2D eigenvalue weighted by molar-refractivity contribution is -0.118. The number of hydrogen-bond acceptors (Lipinski definition) is 4. The van der Waals surface area contributed by atoms with Crippen LogP contribution in [0.4, 0.5) is 11.4 Å². The van der Waals surface area contributed by atoms with Crippen LogP contribution >= 0.6 is 11.6 Å². The van der Waals surface area contributed by atoms with E-state index >= 15 is 0 Å². The third-order valence-corrected chi connectivity index (χ3v) is 6.81. The summed E-state index contributed by atoms with van der Waals surface area (Å²) in [7, 11) is 0. The van der Waals surface area contributed by atoms with Crippen molar-refractivity contribution in [3.63, 3.8) is 0 Å². The van der Waals surface area contributed by atoms with E-state index in [0.717, 1.165) is 22.5 Å². The highest BCUT2D eigenvalue weighted by atomic mass is 35.5. The van der Waals surface area contributed by atoms with Crippen LogP contribution in [0.25, 0.3) is 11.3 Å². The van der Waals surface area contributed by atoms with Gasteiger partial charge in [-0.15, -0.1) is 0 Å². The molecule has 4 aromatic rings. The molecule has 0 saturated carbocycles. The molecule has 2 heterocycles. The van der Waals surface area contributed by atoms with Crippen LogP contribution in [-0.2, 0) is 4.79 Å². The minimum Gasteiger partial charge on any atom is -0.350 e. The van der Waals surface area contributed by atoms with Gasteiger partial charge in [-0.05, 0) is 49.2 Å². The fourth-order valence-electron chi connectivity index (χ4n) is 4.84. The Kier molecular flexibility index (Phi) is 6.61. The van der Waals surface area contributed by atoms with Crippen LogP contribution in [0.2, 0.25) is 5.02 Å². The number of para-hydroxylation sites is 2. The van der Waals surface area contributed by atoms with E-state index in [-0.39, 0.29) is 29.7 Å². The van der Waals surface area contributed by atoms with Gasteiger partial charge in [0.2, 0.25) is 11.7 Å². The largest absolute Gasteiger partial charge is 0.350 e. The molecule has 182 valence electrons. The first-order valence-electron chi connectivity index (χ1n) is 12.0. The Bertz CT molecular complexity index is 1380. The van der Waals surface area contributed by atoms with E-state index in [9.17, 15) is 9.59 Å². The number of carbonyl (C=O) groups excluding carboxylic acids is 2. The lowest BCUT2D eigenvalue weighted by Gasteiger charge is -2.43. The number of hydrogen-bond donors (Lipinski definition) is 0. The minimum atomic E-state index is -0.269. The fraction of sp³-hybridized carbons (Fsp3) is 0.207. The second kappa shape index (κ2) is 9.99. The molecule has 0 aliphatic carbocycles. The maximum atomic E-state index is 13.7. The average Bonchev–Trinajstić information content (AvgIpc) is 3.40. The third-order valence-electron chi connectivity index (χ3n) is 6.56. The number of amides is 2. The maximum Gasteiger partial charge on any atom is 0.297 e. The average molecular weight is 500 g/mol. The molecule has 2 unspecified atom stereocenters. The van der Waals surface area contributed by atoms with Gasteiger partial charge >= 0.3 is 0 Å².